The monoisotopic (exact) mass is 384 g/mol. The smallest absolute Gasteiger partial charge is 0.264 e. The van der Waals surface area contributed by atoms with Gasteiger partial charge in [-0.2, -0.15) is 0 Å². The van der Waals surface area contributed by atoms with E-state index in [9.17, 15) is 4.79 Å². The van der Waals surface area contributed by atoms with E-state index < -0.39 is 0 Å². The molecule has 27 heavy (non-hydrogen) atoms. The number of anilines is 1. The number of fused-ring (bicyclic) bond motifs is 1. The first-order valence-corrected chi connectivity index (χ1v) is 9.84. The molecule has 0 saturated heterocycles. The molecule has 1 amide bonds. The Labute approximate surface area is 163 Å². The van der Waals surface area contributed by atoms with Crippen LogP contribution in [0.1, 0.15) is 37.8 Å². The molecule has 0 aliphatic carbocycles. The van der Waals surface area contributed by atoms with E-state index in [1.54, 1.807) is 0 Å². The molecule has 0 aliphatic heterocycles. The number of rotatable bonds is 7. The average molecular weight is 385 g/mol. The van der Waals surface area contributed by atoms with Gasteiger partial charge in [0.05, 0.1) is 16.8 Å². The Morgan fingerprint density at radius 1 is 1.15 bits per heavy atom. The van der Waals surface area contributed by atoms with Crippen LogP contribution in [-0.4, -0.2) is 24.1 Å². The number of aromatic nitrogens is 1. The minimum absolute atomic E-state index is 0.0550. The lowest BCUT2D eigenvalue weighted by Crippen LogP contribution is -2.20. The van der Waals surface area contributed by atoms with E-state index in [1.807, 2.05) is 37.3 Å². The molecule has 0 radical (unpaired) electrons. The number of carbonyl (C=O) groups excluding carboxylic acids is 1. The van der Waals surface area contributed by atoms with Crippen molar-refractivity contribution in [2.45, 2.75) is 33.6 Å². The summed E-state index contributed by atoms with van der Waals surface area (Å²) in [4.78, 5) is 16.6. The van der Waals surface area contributed by atoms with Crippen molar-refractivity contribution in [3.8, 4) is 11.5 Å². The highest BCUT2D eigenvalue weighted by Crippen LogP contribution is 2.29. The van der Waals surface area contributed by atoms with E-state index in [0.29, 0.717) is 23.4 Å². The Hall–Kier alpha value is -2.60. The van der Waals surface area contributed by atoms with Crippen LogP contribution in [0.25, 0.3) is 10.2 Å². The molecule has 0 bridgehead atoms. The van der Waals surface area contributed by atoms with Gasteiger partial charge >= 0.3 is 0 Å². The maximum Gasteiger partial charge on any atom is 0.264 e. The number of thiazole rings is 1. The summed E-state index contributed by atoms with van der Waals surface area (Å²) in [5, 5.41) is 3.35. The second kappa shape index (κ2) is 8.39. The van der Waals surface area contributed by atoms with Crippen LogP contribution in [0, 0.1) is 6.92 Å². The lowest BCUT2D eigenvalue weighted by Gasteiger charge is -2.12. The van der Waals surface area contributed by atoms with E-state index in [2.05, 4.69) is 37.1 Å². The number of benzene rings is 2. The van der Waals surface area contributed by atoms with Gasteiger partial charge in [0.1, 0.15) is 11.5 Å². The lowest BCUT2D eigenvalue weighted by molar-refractivity contribution is -0.118. The molecule has 1 heterocycles. The molecule has 142 valence electrons. The minimum atomic E-state index is -0.232. The summed E-state index contributed by atoms with van der Waals surface area (Å²) in [5.74, 6) is 1.72. The predicted molar refractivity (Wildman–Crippen MR) is 110 cm³/mol. The highest BCUT2D eigenvalue weighted by atomic mass is 32.1. The molecule has 0 saturated carbocycles. The molecule has 3 aromatic rings. The SMILES string of the molecule is CCOc1ccc2nc(NC(=O)COc3ccc(C(C)C)c(C)c3)sc2c1. The van der Waals surface area contributed by atoms with Crippen LogP contribution >= 0.6 is 11.3 Å². The van der Waals surface area contributed by atoms with E-state index in [0.717, 1.165) is 16.0 Å². The largest absolute Gasteiger partial charge is 0.494 e. The topological polar surface area (TPSA) is 60.5 Å². The standard InChI is InChI=1S/C21H24N2O3S/c1-5-25-16-7-9-18-19(11-16)27-21(22-18)23-20(24)12-26-15-6-8-17(13(2)3)14(4)10-15/h6-11,13H,5,12H2,1-4H3,(H,22,23,24). The third-order valence-corrected chi connectivity index (χ3v) is 5.08. The lowest BCUT2D eigenvalue weighted by atomic mass is 9.98. The molecule has 0 atom stereocenters. The van der Waals surface area contributed by atoms with E-state index >= 15 is 0 Å². The number of ether oxygens (including phenoxy) is 2. The van der Waals surface area contributed by atoms with Crippen molar-refractivity contribution < 1.29 is 14.3 Å². The molecule has 3 rings (SSSR count). The van der Waals surface area contributed by atoms with Crippen molar-refractivity contribution in [3.05, 3.63) is 47.5 Å². The molecule has 1 N–H and O–H groups in total. The summed E-state index contributed by atoms with van der Waals surface area (Å²) in [6.45, 7) is 8.88. The number of nitrogens with zero attached hydrogens (tertiary/aromatic N) is 1. The molecule has 0 aliphatic rings. The van der Waals surface area contributed by atoms with Crippen LogP contribution in [-0.2, 0) is 4.79 Å². The number of nitrogens with one attached hydrogen (secondary N) is 1. The quantitative estimate of drug-likeness (QED) is 0.612. The molecular formula is C21H24N2O3S. The fourth-order valence-electron chi connectivity index (χ4n) is 2.90. The number of carbonyl (C=O) groups is 1. The Balaban J connectivity index is 1.60. The first-order chi connectivity index (χ1) is 13.0. The van der Waals surface area contributed by atoms with Gasteiger partial charge in [0.15, 0.2) is 11.7 Å². The van der Waals surface area contributed by atoms with Gasteiger partial charge in [-0.15, -0.1) is 0 Å². The fraction of sp³-hybridized carbons (Fsp3) is 0.333. The minimum Gasteiger partial charge on any atom is -0.494 e. The van der Waals surface area contributed by atoms with Crippen molar-refractivity contribution in [1.82, 2.24) is 4.98 Å². The van der Waals surface area contributed by atoms with Gasteiger partial charge < -0.3 is 9.47 Å². The molecule has 0 spiro atoms. The van der Waals surface area contributed by atoms with Crippen LogP contribution in [0.2, 0.25) is 0 Å². The van der Waals surface area contributed by atoms with Crippen molar-refractivity contribution >= 4 is 32.6 Å². The average Bonchev–Trinajstić information content (AvgIpc) is 3.01. The predicted octanol–water partition coefficient (Wildman–Crippen LogP) is 5.14. The molecule has 0 unspecified atom stereocenters. The molecule has 6 heteroatoms. The summed E-state index contributed by atoms with van der Waals surface area (Å²) < 4.78 is 12.1. The second-order valence-corrected chi connectivity index (χ2v) is 7.62. The summed E-state index contributed by atoms with van der Waals surface area (Å²) in [7, 11) is 0. The van der Waals surface area contributed by atoms with Crippen LogP contribution in [0.15, 0.2) is 36.4 Å². The molecule has 5 nitrogen and oxygen atoms in total. The summed E-state index contributed by atoms with van der Waals surface area (Å²) >= 11 is 1.42. The molecular weight excluding hydrogens is 360 g/mol. The zero-order valence-electron chi connectivity index (χ0n) is 16.0. The summed E-state index contributed by atoms with van der Waals surface area (Å²) in [6, 6.07) is 11.6. The number of amides is 1. The van der Waals surface area contributed by atoms with Crippen LogP contribution < -0.4 is 14.8 Å². The Kier molecular flexibility index (Phi) is 5.96. The Bertz CT molecular complexity index is 950. The van der Waals surface area contributed by atoms with Gasteiger partial charge in [-0.25, -0.2) is 4.98 Å². The summed E-state index contributed by atoms with van der Waals surface area (Å²) in [5.41, 5.74) is 3.28. The number of hydrogen-bond acceptors (Lipinski definition) is 5. The maximum atomic E-state index is 12.2. The Morgan fingerprint density at radius 3 is 2.59 bits per heavy atom. The first kappa shape index (κ1) is 19.2. The highest BCUT2D eigenvalue weighted by molar-refractivity contribution is 7.22. The van der Waals surface area contributed by atoms with Crippen molar-refractivity contribution in [1.29, 1.82) is 0 Å². The van der Waals surface area contributed by atoms with E-state index in [-0.39, 0.29) is 12.5 Å². The molecule has 1 aromatic heterocycles. The van der Waals surface area contributed by atoms with Crippen LogP contribution in [0.4, 0.5) is 5.13 Å². The fourth-order valence-corrected chi connectivity index (χ4v) is 3.82. The van der Waals surface area contributed by atoms with Gasteiger partial charge in [-0.3, -0.25) is 10.1 Å². The maximum absolute atomic E-state index is 12.2. The van der Waals surface area contributed by atoms with E-state index in [4.69, 9.17) is 9.47 Å². The van der Waals surface area contributed by atoms with Gasteiger partial charge in [-0.1, -0.05) is 31.3 Å². The first-order valence-electron chi connectivity index (χ1n) is 9.03. The molecule has 2 aromatic carbocycles. The summed E-state index contributed by atoms with van der Waals surface area (Å²) in [6.07, 6.45) is 0. The normalized spacial score (nSPS) is 11.0. The van der Waals surface area contributed by atoms with Gasteiger partial charge in [0, 0.05) is 0 Å². The van der Waals surface area contributed by atoms with Crippen molar-refractivity contribution in [3.63, 3.8) is 0 Å². The number of hydrogen-bond donors (Lipinski definition) is 1. The Morgan fingerprint density at radius 2 is 1.89 bits per heavy atom. The third-order valence-electron chi connectivity index (χ3n) is 4.15. The number of aryl methyl sites for hydroxylation is 1. The van der Waals surface area contributed by atoms with Gasteiger partial charge in [0.25, 0.3) is 5.91 Å². The second-order valence-electron chi connectivity index (χ2n) is 6.59. The molecule has 0 fully saturated rings. The van der Waals surface area contributed by atoms with Crippen molar-refractivity contribution in [2.75, 3.05) is 18.5 Å². The third kappa shape index (κ3) is 4.77. The van der Waals surface area contributed by atoms with Gasteiger partial charge in [0.2, 0.25) is 0 Å². The van der Waals surface area contributed by atoms with E-state index in [1.165, 1.54) is 22.5 Å². The van der Waals surface area contributed by atoms with Crippen LogP contribution in [0.5, 0.6) is 11.5 Å². The highest BCUT2D eigenvalue weighted by Gasteiger charge is 2.10. The van der Waals surface area contributed by atoms with Crippen molar-refractivity contribution in [2.24, 2.45) is 0 Å². The van der Waals surface area contributed by atoms with Gasteiger partial charge in [-0.05, 0) is 61.2 Å². The van der Waals surface area contributed by atoms with Crippen LogP contribution in [0.3, 0.4) is 0 Å². The zero-order chi connectivity index (χ0) is 19.4. The zero-order valence-corrected chi connectivity index (χ0v) is 16.9.